The Morgan fingerprint density at radius 1 is 1.24 bits per heavy atom. The Balaban J connectivity index is 1.91. The zero-order chi connectivity index (χ0) is 17.6. The Hall–Kier alpha value is -2.86. The van der Waals surface area contributed by atoms with Crippen molar-refractivity contribution in [2.24, 2.45) is 5.10 Å². The van der Waals surface area contributed by atoms with Crippen LogP contribution in [0.3, 0.4) is 0 Å². The number of ether oxygens (including phenoxy) is 2. The van der Waals surface area contributed by atoms with Gasteiger partial charge in [0.1, 0.15) is 6.33 Å². The van der Waals surface area contributed by atoms with Gasteiger partial charge in [0.15, 0.2) is 17.3 Å². The Bertz CT molecular complexity index is 878. The molecule has 0 saturated carbocycles. The van der Waals surface area contributed by atoms with Gasteiger partial charge >= 0.3 is 0 Å². The fourth-order valence-electron chi connectivity index (χ4n) is 2.32. The van der Waals surface area contributed by atoms with Gasteiger partial charge in [0.25, 0.3) is 0 Å². The normalized spacial score (nSPS) is 11.0. The molecule has 1 aromatic heterocycles. The molecular weight excluding hydrogens is 340 g/mol. The minimum Gasteiger partial charge on any atom is -0.493 e. The maximum Gasteiger partial charge on any atom is 0.184 e. The molecule has 0 aliphatic carbocycles. The first-order chi connectivity index (χ1) is 12.2. The highest BCUT2D eigenvalue weighted by Crippen LogP contribution is 2.36. The van der Waals surface area contributed by atoms with Crippen LogP contribution in [0.5, 0.6) is 11.5 Å². The van der Waals surface area contributed by atoms with Crippen LogP contribution < -0.4 is 9.47 Å². The van der Waals surface area contributed by atoms with E-state index in [-0.39, 0.29) is 0 Å². The molecule has 3 aromatic rings. The van der Waals surface area contributed by atoms with E-state index in [9.17, 15) is 0 Å². The van der Waals surface area contributed by atoms with Crippen LogP contribution in [0, 0.1) is 0 Å². The molecule has 0 radical (unpaired) electrons. The number of benzene rings is 2. The number of halogens is 1. The topological polar surface area (TPSA) is 61.5 Å². The highest BCUT2D eigenvalue weighted by molar-refractivity contribution is 6.32. The molecule has 0 saturated heterocycles. The molecule has 0 atom stereocenters. The average Bonchev–Trinajstić information content (AvgIpc) is 3.11. The molecule has 0 unspecified atom stereocenters. The summed E-state index contributed by atoms with van der Waals surface area (Å²) in [6, 6.07) is 13.3. The predicted octanol–water partition coefficient (Wildman–Crippen LogP) is 3.89. The number of methoxy groups -OCH3 is 1. The van der Waals surface area contributed by atoms with Crippen molar-refractivity contribution in [3.63, 3.8) is 0 Å². The van der Waals surface area contributed by atoms with Crippen LogP contribution in [0.15, 0.2) is 53.9 Å². The quantitative estimate of drug-likeness (QED) is 0.629. The van der Waals surface area contributed by atoms with Crippen molar-refractivity contribution in [1.29, 1.82) is 0 Å². The molecule has 2 aromatic carbocycles. The molecule has 7 heteroatoms. The summed E-state index contributed by atoms with van der Waals surface area (Å²) in [4.78, 5) is 0. The zero-order valence-corrected chi connectivity index (χ0v) is 14.6. The van der Waals surface area contributed by atoms with Gasteiger partial charge in [-0.25, -0.2) is 0 Å². The van der Waals surface area contributed by atoms with E-state index in [4.69, 9.17) is 21.1 Å². The molecule has 0 aliphatic heterocycles. The van der Waals surface area contributed by atoms with E-state index < -0.39 is 0 Å². The lowest BCUT2D eigenvalue weighted by molar-refractivity contribution is 0.311. The molecule has 0 amide bonds. The lowest BCUT2D eigenvalue weighted by Crippen LogP contribution is -1.98. The number of nitrogens with zero attached hydrogens (tertiary/aromatic N) is 4. The number of rotatable bonds is 6. The fraction of sp³-hybridized carbons (Fsp3) is 0.167. The summed E-state index contributed by atoms with van der Waals surface area (Å²) in [5.41, 5.74) is 1.71. The number of aromatic nitrogens is 3. The van der Waals surface area contributed by atoms with Gasteiger partial charge in [-0.15, -0.1) is 10.2 Å². The van der Waals surface area contributed by atoms with Gasteiger partial charge < -0.3 is 9.47 Å². The summed E-state index contributed by atoms with van der Waals surface area (Å²) in [5, 5.41) is 12.9. The molecule has 0 spiro atoms. The molecule has 0 N–H and O–H groups in total. The smallest absolute Gasteiger partial charge is 0.184 e. The van der Waals surface area contributed by atoms with E-state index in [1.807, 2.05) is 43.3 Å². The van der Waals surface area contributed by atoms with Crippen molar-refractivity contribution in [2.45, 2.75) is 6.92 Å². The zero-order valence-electron chi connectivity index (χ0n) is 13.9. The molecular formula is C18H17ClN4O2. The van der Waals surface area contributed by atoms with Crippen molar-refractivity contribution in [3.05, 3.63) is 59.4 Å². The van der Waals surface area contributed by atoms with Gasteiger partial charge in [0, 0.05) is 5.56 Å². The fourth-order valence-corrected chi connectivity index (χ4v) is 2.59. The summed E-state index contributed by atoms with van der Waals surface area (Å²) in [5.74, 6) is 1.74. The summed E-state index contributed by atoms with van der Waals surface area (Å²) >= 11 is 6.28. The Kier molecular flexibility index (Phi) is 5.30. The summed E-state index contributed by atoms with van der Waals surface area (Å²) in [6.07, 6.45) is 3.21. The van der Waals surface area contributed by atoms with E-state index >= 15 is 0 Å². The van der Waals surface area contributed by atoms with Crippen molar-refractivity contribution >= 4 is 17.8 Å². The van der Waals surface area contributed by atoms with Crippen LogP contribution in [-0.4, -0.2) is 34.8 Å². The highest BCUT2D eigenvalue weighted by Gasteiger charge is 2.11. The predicted molar refractivity (Wildman–Crippen MR) is 97.6 cm³/mol. The van der Waals surface area contributed by atoms with E-state index in [0.29, 0.717) is 29.0 Å². The highest BCUT2D eigenvalue weighted by atomic mass is 35.5. The van der Waals surface area contributed by atoms with Crippen molar-refractivity contribution in [3.8, 4) is 22.9 Å². The maximum absolute atomic E-state index is 6.28. The van der Waals surface area contributed by atoms with Crippen molar-refractivity contribution in [1.82, 2.24) is 14.9 Å². The van der Waals surface area contributed by atoms with Crippen LogP contribution >= 0.6 is 11.6 Å². The first-order valence-corrected chi connectivity index (χ1v) is 8.11. The first-order valence-electron chi connectivity index (χ1n) is 7.73. The van der Waals surface area contributed by atoms with Crippen LogP contribution in [-0.2, 0) is 0 Å². The van der Waals surface area contributed by atoms with Gasteiger partial charge in [-0.2, -0.15) is 9.78 Å². The van der Waals surface area contributed by atoms with Crippen LogP contribution in [0.2, 0.25) is 5.02 Å². The monoisotopic (exact) mass is 356 g/mol. The standard InChI is InChI=1S/C18H17ClN4O2/c1-3-25-17-15(19)9-13(10-16(17)24-2)11-21-23-12-20-22-18(23)14-7-5-4-6-8-14/h4-12H,3H2,1-2H3/b21-11-. The first kappa shape index (κ1) is 17.0. The van der Waals surface area contributed by atoms with Crippen LogP contribution in [0.4, 0.5) is 0 Å². The lowest BCUT2D eigenvalue weighted by Gasteiger charge is -2.11. The van der Waals surface area contributed by atoms with Gasteiger partial charge in [-0.1, -0.05) is 41.9 Å². The van der Waals surface area contributed by atoms with Crippen LogP contribution in [0.25, 0.3) is 11.4 Å². The SMILES string of the molecule is CCOc1c(Cl)cc(/C=N\n2cnnc2-c2ccccc2)cc1OC. The lowest BCUT2D eigenvalue weighted by atomic mass is 10.2. The van der Waals surface area contributed by atoms with Gasteiger partial charge in [0.2, 0.25) is 0 Å². The van der Waals surface area contributed by atoms with E-state index in [2.05, 4.69) is 15.3 Å². The Morgan fingerprint density at radius 3 is 2.76 bits per heavy atom. The second-order valence-corrected chi connectivity index (χ2v) is 5.48. The molecule has 0 fully saturated rings. The second-order valence-electron chi connectivity index (χ2n) is 5.08. The summed E-state index contributed by atoms with van der Waals surface area (Å²) < 4.78 is 12.5. The number of hydrogen-bond acceptors (Lipinski definition) is 5. The van der Waals surface area contributed by atoms with Gasteiger partial charge in [-0.05, 0) is 24.6 Å². The van der Waals surface area contributed by atoms with E-state index in [1.54, 1.807) is 30.4 Å². The average molecular weight is 357 g/mol. The molecule has 25 heavy (non-hydrogen) atoms. The van der Waals surface area contributed by atoms with Crippen molar-refractivity contribution in [2.75, 3.05) is 13.7 Å². The van der Waals surface area contributed by atoms with E-state index in [1.165, 1.54) is 0 Å². The van der Waals surface area contributed by atoms with E-state index in [0.717, 1.165) is 11.1 Å². The summed E-state index contributed by atoms with van der Waals surface area (Å²) in [6.45, 7) is 2.40. The largest absolute Gasteiger partial charge is 0.493 e. The molecule has 6 nitrogen and oxygen atoms in total. The number of hydrogen-bond donors (Lipinski definition) is 0. The molecule has 0 aliphatic rings. The molecule has 1 heterocycles. The Morgan fingerprint density at radius 2 is 2.04 bits per heavy atom. The molecule has 128 valence electrons. The van der Waals surface area contributed by atoms with Gasteiger partial charge in [0.05, 0.1) is 25.0 Å². The third-order valence-corrected chi connectivity index (χ3v) is 3.71. The van der Waals surface area contributed by atoms with Crippen molar-refractivity contribution < 1.29 is 9.47 Å². The minimum absolute atomic E-state index is 0.467. The minimum atomic E-state index is 0.467. The molecule has 3 rings (SSSR count). The second kappa shape index (κ2) is 7.81. The summed E-state index contributed by atoms with van der Waals surface area (Å²) in [7, 11) is 1.57. The van der Waals surface area contributed by atoms with Gasteiger partial charge in [-0.3, -0.25) is 0 Å². The molecule has 0 bridgehead atoms. The maximum atomic E-state index is 6.28. The third kappa shape index (κ3) is 3.80. The third-order valence-electron chi connectivity index (χ3n) is 3.43. The Labute approximate surface area is 150 Å². The van der Waals surface area contributed by atoms with Crippen LogP contribution in [0.1, 0.15) is 12.5 Å².